The second kappa shape index (κ2) is 6.58. The Hall–Kier alpha value is -0.970. The highest BCUT2D eigenvalue weighted by Crippen LogP contribution is 2.22. The molecule has 0 heterocycles. The minimum atomic E-state index is -0.214. The first-order valence-electron chi connectivity index (χ1n) is 5.40. The highest BCUT2D eigenvalue weighted by molar-refractivity contribution is 5.29. The Morgan fingerprint density at radius 3 is 2.81 bits per heavy atom. The second-order valence-corrected chi connectivity index (χ2v) is 3.86. The molecule has 0 bridgehead atoms. The van der Waals surface area contributed by atoms with Crippen LogP contribution in [0.5, 0.6) is 0 Å². The van der Waals surface area contributed by atoms with Gasteiger partial charge in [-0.15, -0.1) is 0 Å². The Bertz CT molecular complexity index is 331. The van der Waals surface area contributed by atoms with Crippen LogP contribution < -0.4 is 11.3 Å². The molecule has 0 saturated carbocycles. The molecule has 0 aliphatic rings. The van der Waals surface area contributed by atoms with Crippen molar-refractivity contribution in [2.75, 3.05) is 13.7 Å². The van der Waals surface area contributed by atoms with Crippen LogP contribution >= 0.6 is 0 Å². The second-order valence-electron chi connectivity index (χ2n) is 3.86. The summed E-state index contributed by atoms with van der Waals surface area (Å²) >= 11 is 0. The van der Waals surface area contributed by atoms with Gasteiger partial charge in [-0.2, -0.15) is 0 Å². The standard InChI is InChI=1S/C12H19FN2O/c1-9-8-10(13)5-6-11(9)12(15-14)4-3-7-16-2/h5-6,8,12,15H,3-4,7,14H2,1-2H3. The van der Waals surface area contributed by atoms with Crippen LogP contribution in [0.3, 0.4) is 0 Å². The Morgan fingerprint density at radius 1 is 1.50 bits per heavy atom. The molecule has 0 fully saturated rings. The van der Waals surface area contributed by atoms with E-state index in [-0.39, 0.29) is 11.9 Å². The van der Waals surface area contributed by atoms with E-state index in [4.69, 9.17) is 10.6 Å². The molecule has 0 spiro atoms. The molecule has 0 aromatic heterocycles. The molecule has 1 atom stereocenters. The van der Waals surface area contributed by atoms with Gasteiger partial charge in [-0.05, 0) is 43.0 Å². The number of methoxy groups -OCH3 is 1. The van der Waals surface area contributed by atoms with Crippen LogP contribution in [0, 0.1) is 12.7 Å². The average Bonchev–Trinajstić information content (AvgIpc) is 2.26. The lowest BCUT2D eigenvalue weighted by Crippen LogP contribution is -2.28. The molecular weight excluding hydrogens is 207 g/mol. The third-order valence-electron chi connectivity index (χ3n) is 2.65. The minimum absolute atomic E-state index is 0.0516. The van der Waals surface area contributed by atoms with E-state index in [0.717, 1.165) is 24.0 Å². The monoisotopic (exact) mass is 226 g/mol. The quantitative estimate of drug-likeness (QED) is 0.443. The predicted octanol–water partition coefficient (Wildman–Crippen LogP) is 2.07. The van der Waals surface area contributed by atoms with E-state index in [1.54, 1.807) is 13.2 Å². The molecule has 1 unspecified atom stereocenters. The molecular formula is C12H19FN2O. The smallest absolute Gasteiger partial charge is 0.123 e. The van der Waals surface area contributed by atoms with Gasteiger partial charge in [0.2, 0.25) is 0 Å². The number of nitrogens with one attached hydrogen (secondary N) is 1. The van der Waals surface area contributed by atoms with Gasteiger partial charge in [0.25, 0.3) is 0 Å². The molecule has 1 aromatic rings. The summed E-state index contributed by atoms with van der Waals surface area (Å²) in [5.74, 6) is 5.30. The molecule has 0 aliphatic heterocycles. The van der Waals surface area contributed by atoms with Crippen LogP contribution in [0.4, 0.5) is 4.39 Å². The molecule has 3 nitrogen and oxygen atoms in total. The van der Waals surface area contributed by atoms with E-state index in [0.29, 0.717) is 6.61 Å². The normalized spacial score (nSPS) is 12.8. The van der Waals surface area contributed by atoms with E-state index in [1.165, 1.54) is 12.1 Å². The van der Waals surface area contributed by atoms with Crippen molar-refractivity contribution in [3.63, 3.8) is 0 Å². The number of hydrogen-bond donors (Lipinski definition) is 2. The molecule has 16 heavy (non-hydrogen) atoms. The first kappa shape index (κ1) is 13.1. The molecule has 0 radical (unpaired) electrons. The molecule has 90 valence electrons. The van der Waals surface area contributed by atoms with Gasteiger partial charge in [-0.1, -0.05) is 6.07 Å². The lowest BCUT2D eigenvalue weighted by molar-refractivity contribution is 0.188. The maximum Gasteiger partial charge on any atom is 0.123 e. The lowest BCUT2D eigenvalue weighted by Gasteiger charge is -2.18. The fourth-order valence-corrected chi connectivity index (χ4v) is 1.79. The van der Waals surface area contributed by atoms with E-state index >= 15 is 0 Å². The predicted molar refractivity (Wildman–Crippen MR) is 62.3 cm³/mol. The van der Waals surface area contributed by atoms with Gasteiger partial charge in [0.15, 0.2) is 0 Å². The Kier molecular flexibility index (Phi) is 5.38. The number of nitrogens with two attached hydrogens (primary N) is 1. The molecule has 1 rings (SSSR count). The minimum Gasteiger partial charge on any atom is -0.385 e. The van der Waals surface area contributed by atoms with Gasteiger partial charge in [-0.25, -0.2) is 4.39 Å². The van der Waals surface area contributed by atoms with Crippen molar-refractivity contribution in [2.24, 2.45) is 5.84 Å². The summed E-state index contributed by atoms with van der Waals surface area (Å²) in [5.41, 5.74) is 4.72. The summed E-state index contributed by atoms with van der Waals surface area (Å²) in [6.07, 6.45) is 1.79. The Morgan fingerprint density at radius 2 is 2.25 bits per heavy atom. The molecule has 1 aromatic carbocycles. The van der Waals surface area contributed by atoms with E-state index in [9.17, 15) is 4.39 Å². The first-order chi connectivity index (χ1) is 7.69. The highest BCUT2D eigenvalue weighted by atomic mass is 19.1. The number of rotatable bonds is 6. The summed E-state index contributed by atoms with van der Waals surface area (Å²) in [5, 5.41) is 0. The van der Waals surface area contributed by atoms with Gasteiger partial charge in [-0.3, -0.25) is 11.3 Å². The van der Waals surface area contributed by atoms with Crippen molar-refractivity contribution >= 4 is 0 Å². The fraction of sp³-hybridized carbons (Fsp3) is 0.500. The third-order valence-corrected chi connectivity index (χ3v) is 2.65. The molecule has 0 amide bonds. The lowest BCUT2D eigenvalue weighted by atomic mass is 9.98. The number of hydrogen-bond acceptors (Lipinski definition) is 3. The average molecular weight is 226 g/mol. The molecule has 3 N–H and O–H groups in total. The third kappa shape index (κ3) is 3.56. The number of hydrazine groups is 1. The first-order valence-corrected chi connectivity index (χ1v) is 5.40. The van der Waals surface area contributed by atoms with Crippen LogP contribution in [-0.4, -0.2) is 13.7 Å². The van der Waals surface area contributed by atoms with Crippen LogP contribution in [-0.2, 0) is 4.74 Å². The summed E-state index contributed by atoms with van der Waals surface area (Å²) in [4.78, 5) is 0. The van der Waals surface area contributed by atoms with Gasteiger partial charge in [0.1, 0.15) is 5.82 Å². The van der Waals surface area contributed by atoms with Gasteiger partial charge in [0, 0.05) is 19.8 Å². The SMILES string of the molecule is COCCCC(NN)c1ccc(F)cc1C. The summed E-state index contributed by atoms with van der Waals surface area (Å²) < 4.78 is 17.9. The van der Waals surface area contributed by atoms with Crippen molar-refractivity contribution < 1.29 is 9.13 Å². The summed E-state index contributed by atoms with van der Waals surface area (Å²) in [7, 11) is 1.67. The van der Waals surface area contributed by atoms with Crippen molar-refractivity contribution in [2.45, 2.75) is 25.8 Å². The maximum absolute atomic E-state index is 12.9. The summed E-state index contributed by atoms with van der Waals surface area (Å²) in [6.45, 7) is 2.59. The topological polar surface area (TPSA) is 47.3 Å². The molecule has 0 aliphatic carbocycles. The number of aryl methyl sites for hydroxylation is 1. The van der Waals surface area contributed by atoms with E-state index < -0.39 is 0 Å². The largest absolute Gasteiger partial charge is 0.385 e. The van der Waals surface area contributed by atoms with E-state index in [1.807, 2.05) is 6.92 Å². The van der Waals surface area contributed by atoms with Crippen molar-refractivity contribution in [1.82, 2.24) is 5.43 Å². The number of halogens is 1. The van der Waals surface area contributed by atoms with Gasteiger partial charge < -0.3 is 4.74 Å². The van der Waals surface area contributed by atoms with Crippen molar-refractivity contribution in [1.29, 1.82) is 0 Å². The van der Waals surface area contributed by atoms with Crippen LogP contribution in [0.25, 0.3) is 0 Å². The summed E-state index contributed by atoms with van der Waals surface area (Å²) in [6, 6.07) is 4.82. The van der Waals surface area contributed by atoms with Crippen molar-refractivity contribution in [3.8, 4) is 0 Å². The fourth-order valence-electron chi connectivity index (χ4n) is 1.79. The Balaban J connectivity index is 2.70. The molecule has 0 saturated heterocycles. The zero-order valence-electron chi connectivity index (χ0n) is 9.79. The van der Waals surface area contributed by atoms with Crippen molar-refractivity contribution in [3.05, 3.63) is 35.1 Å². The van der Waals surface area contributed by atoms with Crippen LogP contribution in [0.1, 0.15) is 30.0 Å². The number of benzene rings is 1. The van der Waals surface area contributed by atoms with Gasteiger partial charge >= 0.3 is 0 Å². The maximum atomic E-state index is 12.9. The molecule has 4 heteroatoms. The van der Waals surface area contributed by atoms with Gasteiger partial charge in [0.05, 0.1) is 0 Å². The zero-order valence-corrected chi connectivity index (χ0v) is 9.79. The highest BCUT2D eigenvalue weighted by Gasteiger charge is 2.12. The van der Waals surface area contributed by atoms with Crippen LogP contribution in [0.2, 0.25) is 0 Å². The Labute approximate surface area is 95.8 Å². The zero-order chi connectivity index (χ0) is 12.0. The van der Waals surface area contributed by atoms with Crippen LogP contribution in [0.15, 0.2) is 18.2 Å². The van der Waals surface area contributed by atoms with E-state index in [2.05, 4.69) is 5.43 Å². The number of ether oxygens (including phenoxy) is 1.